The largest absolute Gasteiger partial charge is 0.383 e. The van der Waals surface area contributed by atoms with Crippen molar-refractivity contribution >= 4 is 30.6 Å². The topological polar surface area (TPSA) is 64.9 Å². The van der Waals surface area contributed by atoms with Crippen molar-refractivity contribution in [2.24, 2.45) is 5.73 Å². The molecule has 0 aliphatic rings. The molecule has 0 aromatic carbocycles. The molecule has 1 aromatic rings. The zero-order valence-electron chi connectivity index (χ0n) is 6.78. The van der Waals surface area contributed by atoms with E-state index in [1.54, 1.807) is 6.20 Å². The second-order valence-corrected chi connectivity index (χ2v) is 2.25. The normalized spacial score (nSPS) is 8.17. The predicted molar refractivity (Wildman–Crippen MR) is 55.8 cm³/mol. The maximum absolute atomic E-state index is 5.49. The standard InChI is InChI=1S/C7H11N3.2ClH/c1-5-2-6(3-8)4-10-7(5)9;;/h2,4H,3,8H2,1H3,(H2,9,10);2*1H. The molecule has 5 heteroatoms. The van der Waals surface area contributed by atoms with Gasteiger partial charge >= 0.3 is 0 Å². The van der Waals surface area contributed by atoms with Crippen LogP contribution in [0, 0.1) is 6.92 Å². The Morgan fingerprint density at radius 3 is 2.42 bits per heavy atom. The predicted octanol–water partition coefficient (Wildman–Crippen LogP) is 1.27. The quantitative estimate of drug-likeness (QED) is 0.733. The van der Waals surface area contributed by atoms with Crippen molar-refractivity contribution in [2.45, 2.75) is 13.5 Å². The molecule has 12 heavy (non-hydrogen) atoms. The molecule has 0 bridgehead atoms. The van der Waals surface area contributed by atoms with Crippen molar-refractivity contribution < 1.29 is 0 Å². The molecule has 4 N–H and O–H groups in total. The zero-order chi connectivity index (χ0) is 7.56. The minimum Gasteiger partial charge on any atom is -0.383 e. The summed E-state index contributed by atoms with van der Waals surface area (Å²) in [6, 6.07) is 1.95. The van der Waals surface area contributed by atoms with E-state index in [0.29, 0.717) is 12.4 Å². The molecule has 0 aliphatic carbocycles. The third-order valence-corrected chi connectivity index (χ3v) is 1.41. The highest BCUT2D eigenvalue weighted by Crippen LogP contribution is 2.07. The summed E-state index contributed by atoms with van der Waals surface area (Å²) in [5.74, 6) is 0.581. The Morgan fingerprint density at radius 2 is 2.00 bits per heavy atom. The zero-order valence-corrected chi connectivity index (χ0v) is 8.41. The lowest BCUT2D eigenvalue weighted by molar-refractivity contribution is 1.04. The molecular weight excluding hydrogens is 197 g/mol. The summed E-state index contributed by atoms with van der Waals surface area (Å²) in [6.07, 6.45) is 1.70. The fourth-order valence-electron chi connectivity index (χ4n) is 0.755. The van der Waals surface area contributed by atoms with E-state index in [-0.39, 0.29) is 24.8 Å². The van der Waals surface area contributed by atoms with E-state index in [9.17, 15) is 0 Å². The smallest absolute Gasteiger partial charge is 0.126 e. The summed E-state index contributed by atoms with van der Waals surface area (Å²) in [6.45, 7) is 2.44. The first-order chi connectivity index (χ1) is 4.74. The molecule has 0 saturated heterocycles. The number of nitrogens with zero attached hydrogens (tertiary/aromatic N) is 1. The van der Waals surface area contributed by atoms with E-state index in [2.05, 4.69) is 4.98 Å². The number of hydrogen-bond donors (Lipinski definition) is 2. The van der Waals surface area contributed by atoms with Crippen LogP contribution in [0.3, 0.4) is 0 Å². The van der Waals surface area contributed by atoms with E-state index in [0.717, 1.165) is 11.1 Å². The number of aryl methyl sites for hydroxylation is 1. The van der Waals surface area contributed by atoms with E-state index in [4.69, 9.17) is 11.5 Å². The Morgan fingerprint density at radius 1 is 1.42 bits per heavy atom. The van der Waals surface area contributed by atoms with Gasteiger partial charge in [0.25, 0.3) is 0 Å². The Balaban J connectivity index is 0. The number of anilines is 1. The van der Waals surface area contributed by atoms with E-state index in [1.165, 1.54) is 0 Å². The van der Waals surface area contributed by atoms with Crippen LogP contribution in [0.15, 0.2) is 12.3 Å². The van der Waals surface area contributed by atoms with Crippen LogP contribution in [0.1, 0.15) is 11.1 Å². The highest BCUT2D eigenvalue weighted by molar-refractivity contribution is 5.85. The minimum atomic E-state index is 0. The van der Waals surface area contributed by atoms with Gasteiger partial charge in [0.2, 0.25) is 0 Å². The molecule has 1 aromatic heterocycles. The van der Waals surface area contributed by atoms with Crippen molar-refractivity contribution in [3.63, 3.8) is 0 Å². The van der Waals surface area contributed by atoms with Gasteiger partial charge in [-0.3, -0.25) is 0 Å². The molecule has 3 nitrogen and oxygen atoms in total. The Bertz CT molecular complexity index is 240. The number of halogens is 2. The molecule has 0 saturated carbocycles. The van der Waals surface area contributed by atoms with Gasteiger partial charge in [0, 0.05) is 12.7 Å². The molecule has 70 valence electrons. The molecule has 0 spiro atoms. The second-order valence-electron chi connectivity index (χ2n) is 2.25. The van der Waals surface area contributed by atoms with E-state index >= 15 is 0 Å². The van der Waals surface area contributed by atoms with Gasteiger partial charge in [0.05, 0.1) is 0 Å². The maximum atomic E-state index is 5.49. The third-order valence-electron chi connectivity index (χ3n) is 1.41. The number of hydrogen-bond acceptors (Lipinski definition) is 3. The summed E-state index contributed by atoms with van der Waals surface area (Å²) in [5, 5.41) is 0. The number of nitrogens with two attached hydrogens (primary N) is 2. The van der Waals surface area contributed by atoms with Crippen molar-refractivity contribution in [3.8, 4) is 0 Å². The fourth-order valence-corrected chi connectivity index (χ4v) is 0.755. The summed E-state index contributed by atoms with van der Waals surface area (Å²) >= 11 is 0. The molecule has 0 atom stereocenters. The first-order valence-corrected chi connectivity index (χ1v) is 3.15. The van der Waals surface area contributed by atoms with Crippen LogP contribution < -0.4 is 11.5 Å². The highest BCUT2D eigenvalue weighted by atomic mass is 35.5. The van der Waals surface area contributed by atoms with E-state index in [1.807, 2.05) is 13.0 Å². The minimum absolute atomic E-state index is 0. The van der Waals surface area contributed by atoms with Gasteiger partial charge in [0.15, 0.2) is 0 Å². The Kier molecular flexibility index (Phi) is 7.09. The summed E-state index contributed by atoms with van der Waals surface area (Å²) in [7, 11) is 0. The molecule has 0 fully saturated rings. The van der Waals surface area contributed by atoms with Crippen LogP contribution in [-0.2, 0) is 6.54 Å². The first-order valence-electron chi connectivity index (χ1n) is 3.15. The maximum Gasteiger partial charge on any atom is 0.126 e. The lowest BCUT2D eigenvalue weighted by Crippen LogP contribution is -2.00. The third kappa shape index (κ3) is 3.26. The van der Waals surface area contributed by atoms with Gasteiger partial charge in [-0.1, -0.05) is 0 Å². The summed E-state index contributed by atoms with van der Waals surface area (Å²) in [4.78, 5) is 3.95. The SMILES string of the molecule is Cc1cc(CN)cnc1N.Cl.Cl. The molecule has 1 heterocycles. The highest BCUT2D eigenvalue weighted by Gasteiger charge is 1.94. The van der Waals surface area contributed by atoms with Gasteiger partial charge in [0.1, 0.15) is 5.82 Å². The van der Waals surface area contributed by atoms with Gasteiger partial charge in [-0.25, -0.2) is 4.98 Å². The molecule has 0 aliphatic heterocycles. The fraction of sp³-hybridized carbons (Fsp3) is 0.286. The van der Waals surface area contributed by atoms with Crippen LogP contribution >= 0.6 is 24.8 Å². The van der Waals surface area contributed by atoms with Gasteiger partial charge in [-0.05, 0) is 24.1 Å². The summed E-state index contributed by atoms with van der Waals surface area (Å²) in [5.41, 5.74) is 12.9. The van der Waals surface area contributed by atoms with Crippen LogP contribution in [0.4, 0.5) is 5.82 Å². The van der Waals surface area contributed by atoms with Gasteiger partial charge < -0.3 is 11.5 Å². The first kappa shape index (κ1) is 14.0. The molecular formula is C7H13Cl2N3. The lowest BCUT2D eigenvalue weighted by atomic mass is 10.2. The van der Waals surface area contributed by atoms with Gasteiger partial charge in [-0.2, -0.15) is 0 Å². The van der Waals surface area contributed by atoms with Crippen LogP contribution in [0.25, 0.3) is 0 Å². The monoisotopic (exact) mass is 209 g/mol. The Labute approximate surface area is 84.4 Å². The van der Waals surface area contributed by atoms with E-state index < -0.39 is 0 Å². The average Bonchev–Trinajstić information content (AvgIpc) is 1.95. The second kappa shape index (κ2) is 6.06. The number of nitrogen functional groups attached to an aromatic ring is 1. The van der Waals surface area contributed by atoms with Crippen LogP contribution in [0.5, 0.6) is 0 Å². The van der Waals surface area contributed by atoms with Crippen LogP contribution in [0.2, 0.25) is 0 Å². The lowest BCUT2D eigenvalue weighted by Gasteiger charge is -1.99. The van der Waals surface area contributed by atoms with Crippen molar-refractivity contribution in [1.82, 2.24) is 4.98 Å². The average molecular weight is 210 g/mol. The van der Waals surface area contributed by atoms with Crippen molar-refractivity contribution in [1.29, 1.82) is 0 Å². The molecule has 0 unspecified atom stereocenters. The number of rotatable bonds is 1. The molecule has 0 radical (unpaired) electrons. The number of aromatic nitrogens is 1. The molecule has 0 amide bonds. The van der Waals surface area contributed by atoms with Crippen LogP contribution in [-0.4, -0.2) is 4.98 Å². The summed E-state index contributed by atoms with van der Waals surface area (Å²) < 4.78 is 0. The van der Waals surface area contributed by atoms with Gasteiger partial charge in [-0.15, -0.1) is 24.8 Å². The van der Waals surface area contributed by atoms with Crippen molar-refractivity contribution in [2.75, 3.05) is 5.73 Å². The van der Waals surface area contributed by atoms with Crippen molar-refractivity contribution in [3.05, 3.63) is 23.4 Å². The number of pyridine rings is 1. The molecule has 1 rings (SSSR count). The Hall–Kier alpha value is -0.510.